The van der Waals surface area contributed by atoms with Crippen LogP contribution in [0.4, 0.5) is 5.69 Å². The predicted octanol–water partition coefficient (Wildman–Crippen LogP) is 1.90. The van der Waals surface area contributed by atoms with Gasteiger partial charge in [0.25, 0.3) is 0 Å². The lowest BCUT2D eigenvalue weighted by atomic mass is 10.1. The van der Waals surface area contributed by atoms with E-state index < -0.39 is 0 Å². The van der Waals surface area contributed by atoms with Gasteiger partial charge in [0.05, 0.1) is 12.3 Å². The molecular weight excluding hydrogens is 256 g/mol. The Bertz CT molecular complexity index is 328. The number of benzene rings is 1. The van der Waals surface area contributed by atoms with Gasteiger partial charge >= 0.3 is 0 Å². The van der Waals surface area contributed by atoms with Gasteiger partial charge < -0.3 is 15.7 Å². The molecule has 0 radical (unpaired) electrons. The molecule has 0 aromatic heterocycles. The number of hydrogen-bond acceptors (Lipinski definition) is 3. The van der Waals surface area contributed by atoms with Crippen LogP contribution in [-0.2, 0) is 0 Å². The smallest absolute Gasteiger partial charge is 0.0606 e. The van der Waals surface area contributed by atoms with Gasteiger partial charge in [-0.25, -0.2) is 0 Å². The number of likely N-dealkylation sites (N-methyl/N-ethyl adjacent to an activating group) is 1. The first-order valence-corrected chi connectivity index (χ1v) is 5.72. The zero-order valence-corrected chi connectivity index (χ0v) is 10.7. The number of aliphatic hydroxyl groups is 1. The third-order valence-electron chi connectivity index (χ3n) is 2.34. The molecule has 0 aliphatic heterocycles. The normalized spacial score (nSPS) is 12.6. The zero-order valence-electron chi connectivity index (χ0n) is 9.07. The molecule has 4 heteroatoms. The van der Waals surface area contributed by atoms with Crippen molar-refractivity contribution in [2.24, 2.45) is 5.73 Å². The van der Waals surface area contributed by atoms with Gasteiger partial charge in [-0.3, -0.25) is 0 Å². The lowest BCUT2D eigenvalue weighted by molar-refractivity contribution is 0.304. The SMILES string of the molecule is CC(N)c1ccc(N(C)CCO)c(Br)c1. The van der Waals surface area contributed by atoms with E-state index in [4.69, 9.17) is 10.8 Å². The van der Waals surface area contributed by atoms with Crippen LogP contribution in [0.2, 0.25) is 0 Å². The third-order valence-corrected chi connectivity index (χ3v) is 2.98. The Hall–Kier alpha value is -0.580. The predicted molar refractivity (Wildman–Crippen MR) is 67.1 cm³/mol. The minimum atomic E-state index is 0.0403. The molecule has 1 aromatic rings. The second-order valence-electron chi connectivity index (χ2n) is 3.64. The molecule has 3 nitrogen and oxygen atoms in total. The summed E-state index contributed by atoms with van der Waals surface area (Å²) in [6.07, 6.45) is 0. The van der Waals surface area contributed by atoms with Crippen molar-refractivity contribution in [3.8, 4) is 0 Å². The minimum absolute atomic E-state index is 0.0403. The van der Waals surface area contributed by atoms with Crippen LogP contribution >= 0.6 is 15.9 Å². The second kappa shape index (κ2) is 5.49. The van der Waals surface area contributed by atoms with E-state index in [1.807, 2.05) is 37.1 Å². The van der Waals surface area contributed by atoms with Crippen molar-refractivity contribution in [3.63, 3.8) is 0 Å². The molecule has 0 amide bonds. The van der Waals surface area contributed by atoms with E-state index in [0.29, 0.717) is 6.54 Å². The van der Waals surface area contributed by atoms with E-state index >= 15 is 0 Å². The lowest BCUT2D eigenvalue weighted by Crippen LogP contribution is -2.21. The molecule has 15 heavy (non-hydrogen) atoms. The summed E-state index contributed by atoms with van der Waals surface area (Å²) < 4.78 is 1.01. The van der Waals surface area contributed by atoms with Crippen molar-refractivity contribution in [2.75, 3.05) is 25.1 Å². The summed E-state index contributed by atoms with van der Waals surface area (Å²) in [5.74, 6) is 0. The largest absolute Gasteiger partial charge is 0.395 e. The molecule has 0 fully saturated rings. The van der Waals surface area contributed by atoms with Gasteiger partial charge in [-0.2, -0.15) is 0 Å². The maximum absolute atomic E-state index is 8.85. The molecule has 0 spiro atoms. The van der Waals surface area contributed by atoms with Crippen LogP contribution in [0, 0.1) is 0 Å². The standard InChI is InChI=1S/C11H17BrN2O/c1-8(13)9-3-4-11(10(12)7-9)14(2)5-6-15/h3-4,7-8,15H,5-6,13H2,1-2H3. The molecule has 1 rings (SSSR count). The summed E-state index contributed by atoms with van der Waals surface area (Å²) in [5, 5.41) is 8.85. The molecular formula is C11H17BrN2O. The highest BCUT2D eigenvalue weighted by Gasteiger charge is 2.07. The Morgan fingerprint density at radius 3 is 2.67 bits per heavy atom. The topological polar surface area (TPSA) is 49.5 Å². The highest BCUT2D eigenvalue weighted by atomic mass is 79.9. The molecule has 1 atom stereocenters. The summed E-state index contributed by atoms with van der Waals surface area (Å²) >= 11 is 3.51. The van der Waals surface area contributed by atoms with E-state index in [1.165, 1.54) is 0 Å². The maximum Gasteiger partial charge on any atom is 0.0606 e. The zero-order chi connectivity index (χ0) is 11.4. The number of nitrogens with zero attached hydrogens (tertiary/aromatic N) is 1. The van der Waals surface area contributed by atoms with Gasteiger partial charge in [0.1, 0.15) is 0 Å². The molecule has 0 saturated heterocycles. The van der Waals surface area contributed by atoms with Crippen LogP contribution in [0.1, 0.15) is 18.5 Å². The van der Waals surface area contributed by atoms with E-state index in [-0.39, 0.29) is 12.6 Å². The van der Waals surface area contributed by atoms with Crippen molar-refractivity contribution in [3.05, 3.63) is 28.2 Å². The lowest BCUT2D eigenvalue weighted by Gasteiger charge is -2.20. The number of hydrogen-bond donors (Lipinski definition) is 2. The van der Waals surface area contributed by atoms with Gasteiger partial charge in [-0.15, -0.1) is 0 Å². The van der Waals surface area contributed by atoms with Crippen LogP contribution in [-0.4, -0.2) is 25.3 Å². The Kier molecular flexibility index (Phi) is 4.57. The highest BCUT2D eigenvalue weighted by Crippen LogP contribution is 2.28. The van der Waals surface area contributed by atoms with Crippen LogP contribution in [0.5, 0.6) is 0 Å². The maximum atomic E-state index is 8.85. The molecule has 1 aromatic carbocycles. The third kappa shape index (κ3) is 3.19. The first-order valence-electron chi connectivity index (χ1n) is 4.93. The number of rotatable bonds is 4. The Labute approximate surface area is 99.0 Å². The Morgan fingerprint density at radius 2 is 2.20 bits per heavy atom. The average molecular weight is 273 g/mol. The van der Waals surface area contributed by atoms with E-state index in [2.05, 4.69) is 15.9 Å². The number of aliphatic hydroxyl groups excluding tert-OH is 1. The molecule has 1 unspecified atom stereocenters. The first-order chi connectivity index (χ1) is 7.06. The number of nitrogens with two attached hydrogens (primary N) is 1. The van der Waals surface area contributed by atoms with Gasteiger partial charge in [0.2, 0.25) is 0 Å². The molecule has 0 heterocycles. The number of anilines is 1. The van der Waals surface area contributed by atoms with E-state index in [9.17, 15) is 0 Å². The van der Waals surface area contributed by atoms with Crippen molar-refractivity contribution in [2.45, 2.75) is 13.0 Å². The van der Waals surface area contributed by atoms with Crippen LogP contribution in [0.3, 0.4) is 0 Å². The van der Waals surface area contributed by atoms with Gasteiger partial charge in [0.15, 0.2) is 0 Å². The average Bonchev–Trinajstić information content (AvgIpc) is 2.17. The van der Waals surface area contributed by atoms with Crippen molar-refractivity contribution < 1.29 is 5.11 Å². The Morgan fingerprint density at radius 1 is 1.53 bits per heavy atom. The quantitative estimate of drug-likeness (QED) is 0.880. The van der Waals surface area contributed by atoms with Crippen molar-refractivity contribution >= 4 is 21.6 Å². The fourth-order valence-corrected chi connectivity index (χ4v) is 2.09. The van der Waals surface area contributed by atoms with Crippen LogP contribution in [0.15, 0.2) is 22.7 Å². The van der Waals surface area contributed by atoms with Crippen LogP contribution in [0.25, 0.3) is 0 Å². The fourth-order valence-electron chi connectivity index (χ4n) is 1.39. The molecule has 0 aliphatic rings. The molecule has 84 valence electrons. The monoisotopic (exact) mass is 272 g/mol. The molecule has 3 N–H and O–H groups in total. The molecule has 0 saturated carbocycles. The summed E-state index contributed by atoms with van der Waals surface area (Å²) in [6, 6.07) is 6.09. The fraction of sp³-hybridized carbons (Fsp3) is 0.455. The highest BCUT2D eigenvalue weighted by molar-refractivity contribution is 9.10. The molecule has 0 aliphatic carbocycles. The summed E-state index contributed by atoms with van der Waals surface area (Å²) in [4.78, 5) is 2.00. The van der Waals surface area contributed by atoms with Gasteiger partial charge in [-0.1, -0.05) is 6.07 Å². The number of halogens is 1. The summed E-state index contributed by atoms with van der Waals surface area (Å²) in [7, 11) is 1.95. The first kappa shape index (κ1) is 12.5. The van der Waals surface area contributed by atoms with Gasteiger partial charge in [0, 0.05) is 24.1 Å². The van der Waals surface area contributed by atoms with E-state index in [1.54, 1.807) is 0 Å². The molecule has 0 bridgehead atoms. The van der Waals surface area contributed by atoms with Gasteiger partial charge in [-0.05, 0) is 40.5 Å². The van der Waals surface area contributed by atoms with Crippen LogP contribution < -0.4 is 10.6 Å². The summed E-state index contributed by atoms with van der Waals surface area (Å²) in [6.45, 7) is 2.73. The second-order valence-corrected chi connectivity index (χ2v) is 4.50. The van der Waals surface area contributed by atoms with Crippen molar-refractivity contribution in [1.82, 2.24) is 0 Å². The van der Waals surface area contributed by atoms with E-state index in [0.717, 1.165) is 15.7 Å². The minimum Gasteiger partial charge on any atom is -0.395 e. The van der Waals surface area contributed by atoms with Crippen molar-refractivity contribution in [1.29, 1.82) is 0 Å². The summed E-state index contributed by atoms with van der Waals surface area (Å²) in [5.41, 5.74) is 7.96. The Balaban J connectivity index is 2.92.